The third-order valence-electron chi connectivity index (χ3n) is 3.13. The number of carbonyl (C=O) groups excluding carboxylic acids is 1. The van der Waals surface area contributed by atoms with Gasteiger partial charge < -0.3 is 4.74 Å². The molecule has 108 valence electrons. The highest BCUT2D eigenvalue weighted by atomic mass is 32.2. The Morgan fingerprint density at radius 2 is 2.10 bits per heavy atom. The smallest absolute Gasteiger partial charge is 0.305 e. The van der Waals surface area contributed by atoms with Gasteiger partial charge >= 0.3 is 5.97 Å². The van der Waals surface area contributed by atoms with Gasteiger partial charge in [-0.2, -0.15) is 5.10 Å². The lowest BCUT2D eigenvalue weighted by atomic mass is 10.2. The average Bonchev–Trinajstić information content (AvgIpc) is 2.81. The zero-order valence-electron chi connectivity index (χ0n) is 12.1. The highest BCUT2D eigenvalue weighted by molar-refractivity contribution is 8.15. The first-order chi connectivity index (χ1) is 9.52. The van der Waals surface area contributed by atoms with E-state index < -0.39 is 0 Å². The molecule has 1 aromatic rings. The Balaban J connectivity index is 1.92. The molecule has 5 heteroatoms. The molecule has 2 rings (SSSR count). The van der Waals surface area contributed by atoms with Crippen molar-refractivity contribution in [3.05, 3.63) is 35.4 Å². The summed E-state index contributed by atoms with van der Waals surface area (Å²) in [6.07, 6.45) is 1.09. The molecular weight excluding hydrogens is 272 g/mol. The van der Waals surface area contributed by atoms with Crippen molar-refractivity contribution in [1.82, 2.24) is 5.43 Å². The van der Waals surface area contributed by atoms with Gasteiger partial charge in [0.05, 0.1) is 6.61 Å². The van der Waals surface area contributed by atoms with Crippen LogP contribution in [0.4, 0.5) is 0 Å². The SMILES string of the molecule is CCOC(=O)CCC1(C)NN=C(c2ccc(C)cc2)S1. The Morgan fingerprint density at radius 3 is 2.75 bits per heavy atom. The van der Waals surface area contributed by atoms with E-state index in [1.807, 2.05) is 6.92 Å². The van der Waals surface area contributed by atoms with Crippen molar-refractivity contribution in [3.63, 3.8) is 0 Å². The van der Waals surface area contributed by atoms with Gasteiger partial charge in [0.25, 0.3) is 0 Å². The topological polar surface area (TPSA) is 50.7 Å². The van der Waals surface area contributed by atoms with Crippen LogP contribution in [-0.4, -0.2) is 22.5 Å². The predicted octanol–water partition coefficient (Wildman–Crippen LogP) is 3.05. The predicted molar refractivity (Wildman–Crippen MR) is 82.7 cm³/mol. The van der Waals surface area contributed by atoms with Crippen molar-refractivity contribution in [3.8, 4) is 0 Å². The first kappa shape index (κ1) is 14.9. The normalized spacial score (nSPS) is 21.2. The Hall–Kier alpha value is -1.49. The van der Waals surface area contributed by atoms with Crippen LogP contribution in [0.25, 0.3) is 0 Å². The third-order valence-corrected chi connectivity index (χ3v) is 4.39. The molecule has 1 aliphatic rings. The quantitative estimate of drug-likeness (QED) is 0.847. The standard InChI is InChI=1S/C15H20N2O2S/c1-4-19-13(18)9-10-15(3)17-16-14(20-15)12-7-5-11(2)6-8-12/h5-8,17H,4,9-10H2,1-3H3. The number of esters is 1. The number of carbonyl (C=O) groups is 1. The summed E-state index contributed by atoms with van der Waals surface area (Å²) >= 11 is 1.66. The van der Waals surface area contributed by atoms with Crippen LogP contribution in [0, 0.1) is 6.92 Å². The van der Waals surface area contributed by atoms with Gasteiger partial charge in [-0.05, 0) is 27.2 Å². The van der Waals surface area contributed by atoms with Crippen LogP contribution >= 0.6 is 11.8 Å². The van der Waals surface area contributed by atoms with E-state index in [9.17, 15) is 4.79 Å². The molecule has 1 unspecified atom stereocenters. The summed E-state index contributed by atoms with van der Waals surface area (Å²) in [7, 11) is 0. The van der Waals surface area contributed by atoms with Crippen molar-refractivity contribution in [1.29, 1.82) is 0 Å². The zero-order chi connectivity index (χ0) is 14.6. The molecule has 0 amide bonds. The Kier molecular flexibility index (Phi) is 4.70. The van der Waals surface area contributed by atoms with E-state index in [1.165, 1.54) is 5.56 Å². The van der Waals surface area contributed by atoms with Gasteiger partial charge in [-0.3, -0.25) is 10.2 Å². The first-order valence-corrected chi connectivity index (χ1v) is 7.60. The Morgan fingerprint density at radius 1 is 1.40 bits per heavy atom. The fourth-order valence-corrected chi connectivity index (χ4v) is 3.00. The highest BCUT2D eigenvalue weighted by Gasteiger charge is 2.33. The molecule has 0 spiro atoms. The molecular formula is C15H20N2O2S. The minimum absolute atomic E-state index is 0.153. The number of hydrogen-bond acceptors (Lipinski definition) is 5. The summed E-state index contributed by atoms with van der Waals surface area (Å²) in [5.74, 6) is -0.153. The van der Waals surface area contributed by atoms with E-state index in [-0.39, 0.29) is 10.8 Å². The second-order valence-corrected chi connectivity index (χ2v) is 6.52. The second kappa shape index (κ2) is 6.31. The molecule has 20 heavy (non-hydrogen) atoms. The van der Waals surface area contributed by atoms with E-state index in [1.54, 1.807) is 11.8 Å². The molecule has 4 nitrogen and oxygen atoms in total. The summed E-state index contributed by atoms with van der Waals surface area (Å²) in [4.78, 5) is 11.2. The molecule has 1 heterocycles. The average molecular weight is 292 g/mol. The number of ether oxygens (including phenoxy) is 1. The summed E-state index contributed by atoms with van der Waals surface area (Å²) in [5.41, 5.74) is 5.47. The maximum atomic E-state index is 11.4. The number of hydrogen-bond donors (Lipinski definition) is 1. The number of aryl methyl sites for hydroxylation is 1. The fourth-order valence-electron chi connectivity index (χ4n) is 1.93. The molecule has 1 atom stereocenters. The van der Waals surface area contributed by atoms with E-state index >= 15 is 0 Å². The molecule has 0 radical (unpaired) electrons. The second-order valence-electron chi connectivity index (χ2n) is 5.03. The highest BCUT2D eigenvalue weighted by Crippen LogP contribution is 2.35. The van der Waals surface area contributed by atoms with Crippen LogP contribution in [-0.2, 0) is 9.53 Å². The van der Waals surface area contributed by atoms with Gasteiger partial charge in [0.1, 0.15) is 9.91 Å². The van der Waals surface area contributed by atoms with E-state index in [4.69, 9.17) is 4.74 Å². The van der Waals surface area contributed by atoms with Crippen molar-refractivity contribution in [2.75, 3.05) is 6.61 Å². The van der Waals surface area contributed by atoms with E-state index in [2.05, 4.69) is 48.6 Å². The number of nitrogens with zero attached hydrogens (tertiary/aromatic N) is 1. The lowest BCUT2D eigenvalue weighted by Gasteiger charge is -2.21. The molecule has 0 saturated carbocycles. The van der Waals surface area contributed by atoms with Crippen LogP contribution in [0.3, 0.4) is 0 Å². The van der Waals surface area contributed by atoms with Gasteiger partial charge in [-0.1, -0.05) is 41.6 Å². The summed E-state index contributed by atoms with van der Waals surface area (Å²) in [6.45, 7) is 6.37. The van der Waals surface area contributed by atoms with E-state index in [0.29, 0.717) is 19.4 Å². The van der Waals surface area contributed by atoms with Crippen molar-refractivity contribution in [2.45, 2.75) is 38.5 Å². The van der Waals surface area contributed by atoms with Crippen LogP contribution in [0.5, 0.6) is 0 Å². The molecule has 0 fully saturated rings. The van der Waals surface area contributed by atoms with Crippen LogP contribution in [0.15, 0.2) is 29.4 Å². The summed E-state index contributed by atoms with van der Waals surface area (Å²) in [5, 5.41) is 5.36. The molecule has 1 N–H and O–H groups in total. The van der Waals surface area contributed by atoms with Gasteiger partial charge in [0.2, 0.25) is 0 Å². The number of thioether (sulfide) groups is 1. The first-order valence-electron chi connectivity index (χ1n) is 6.79. The fraction of sp³-hybridized carbons (Fsp3) is 0.467. The monoisotopic (exact) mass is 292 g/mol. The molecule has 0 aliphatic carbocycles. The van der Waals surface area contributed by atoms with Crippen molar-refractivity contribution in [2.24, 2.45) is 5.10 Å². The van der Waals surface area contributed by atoms with Crippen LogP contribution in [0.1, 0.15) is 37.8 Å². The number of benzene rings is 1. The van der Waals surface area contributed by atoms with Gasteiger partial charge in [-0.15, -0.1) is 0 Å². The van der Waals surface area contributed by atoms with Crippen LogP contribution in [0.2, 0.25) is 0 Å². The molecule has 0 bridgehead atoms. The Labute approximate surface area is 124 Å². The van der Waals surface area contributed by atoms with Gasteiger partial charge in [-0.25, -0.2) is 0 Å². The number of rotatable bonds is 5. The zero-order valence-corrected chi connectivity index (χ0v) is 12.9. The van der Waals surface area contributed by atoms with Gasteiger partial charge in [0.15, 0.2) is 0 Å². The lowest BCUT2D eigenvalue weighted by Crippen LogP contribution is -2.32. The van der Waals surface area contributed by atoms with E-state index in [0.717, 1.165) is 10.6 Å². The molecule has 1 aromatic carbocycles. The number of nitrogens with one attached hydrogen (secondary N) is 1. The van der Waals surface area contributed by atoms with Crippen LogP contribution < -0.4 is 5.43 Å². The molecule has 0 aromatic heterocycles. The largest absolute Gasteiger partial charge is 0.466 e. The van der Waals surface area contributed by atoms with Gasteiger partial charge in [0, 0.05) is 12.0 Å². The molecule has 0 saturated heterocycles. The maximum absolute atomic E-state index is 11.4. The minimum Gasteiger partial charge on any atom is -0.466 e. The summed E-state index contributed by atoms with van der Waals surface area (Å²) < 4.78 is 4.96. The van der Waals surface area contributed by atoms with Crippen molar-refractivity contribution >= 4 is 22.8 Å². The minimum atomic E-state index is -0.243. The lowest BCUT2D eigenvalue weighted by molar-refractivity contribution is -0.143. The Bertz CT molecular complexity index is 513. The van der Waals surface area contributed by atoms with Crippen molar-refractivity contribution < 1.29 is 9.53 Å². The third kappa shape index (κ3) is 3.76. The maximum Gasteiger partial charge on any atom is 0.305 e. The molecule has 1 aliphatic heterocycles. The summed E-state index contributed by atoms with van der Waals surface area (Å²) in [6, 6.07) is 8.29. The number of hydrazone groups is 1.